The number of hydrogen-bond donors (Lipinski definition) is 1. The van der Waals surface area contributed by atoms with Gasteiger partial charge >= 0.3 is 0 Å². The number of rotatable bonds is 5. The van der Waals surface area contributed by atoms with Gasteiger partial charge < -0.3 is 10.1 Å². The molecule has 1 N–H and O–H groups in total. The minimum atomic E-state index is 0.320. The molecule has 3 aromatic rings. The summed E-state index contributed by atoms with van der Waals surface area (Å²) in [6, 6.07) is 15.8. The zero-order valence-electron chi connectivity index (χ0n) is 16.2. The Hall–Kier alpha value is -2.39. The van der Waals surface area contributed by atoms with Crippen molar-refractivity contribution >= 4 is 10.8 Å². The predicted octanol–water partition coefficient (Wildman–Crippen LogP) is 5.33. The minimum absolute atomic E-state index is 0.320. The average molecular weight is 361 g/mol. The van der Waals surface area contributed by atoms with Crippen molar-refractivity contribution in [2.75, 3.05) is 0 Å². The zero-order valence-corrected chi connectivity index (χ0v) is 16.2. The van der Waals surface area contributed by atoms with Crippen molar-refractivity contribution in [3.8, 4) is 5.75 Å². The Bertz CT molecular complexity index is 896. The number of nitrogens with one attached hydrogen (secondary N) is 1. The number of fused-ring (bicyclic) bond motifs is 1. The minimum Gasteiger partial charge on any atom is -0.490 e. The van der Waals surface area contributed by atoms with Gasteiger partial charge in [0.05, 0.1) is 6.10 Å². The van der Waals surface area contributed by atoms with E-state index in [4.69, 9.17) is 4.74 Å². The lowest BCUT2D eigenvalue weighted by Gasteiger charge is -2.30. The Labute approximate surface area is 161 Å². The molecule has 0 saturated heterocycles. The van der Waals surface area contributed by atoms with E-state index >= 15 is 0 Å². The quantitative estimate of drug-likeness (QED) is 0.667. The molecule has 0 unspecified atom stereocenters. The third-order valence-electron chi connectivity index (χ3n) is 5.62. The molecule has 1 heterocycles. The van der Waals surface area contributed by atoms with Crippen LogP contribution in [0.15, 0.2) is 54.9 Å². The second kappa shape index (κ2) is 8.10. The number of nitrogens with zero attached hydrogens (tertiary/aromatic N) is 1. The molecular weight excluding hydrogens is 332 g/mol. The van der Waals surface area contributed by atoms with Gasteiger partial charge in [-0.25, -0.2) is 0 Å². The number of aromatic nitrogens is 1. The van der Waals surface area contributed by atoms with Crippen LogP contribution in [0, 0.1) is 13.8 Å². The van der Waals surface area contributed by atoms with Crippen LogP contribution in [-0.4, -0.2) is 17.1 Å². The first-order valence-corrected chi connectivity index (χ1v) is 9.97. The van der Waals surface area contributed by atoms with Crippen LogP contribution in [0.4, 0.5) is 0 Å². The molecule has 1 aromatic heterocycles. The molecule has 0 bridgehead atoms. The van der Waals surface area contributed by atoms with E-state index < -0.39 is 0 Å². The van der Waals surface area contributed by atoms with Crippen molar-refractivity contribution in [3.63, 3.8) is 0 Å². The van der Waals surface area contributed by atoms with E-state index in [0.717, 1.165) is 25.1 Å². The van der Waals surface area contributed by atoms with Crippen LogP contribution in [0.5, 0.6) is 5.75 Å². The lowest BCUT2D eigenvalue weighted by Crippen LogP contribution is -2.36. The normalized spacial score (nSPS) is 19.9. The molecule has 27 heavy (non-hydrogen) atoms. The van der Waals surface area contributed by atoms with Crippen LogP contribution < -0.4 is 10.1 Å². The molecule has 1 fully saturated rings. The van der Waals surface area contributed by atoms with E-state index in [9.17, 15) is 0 Å². The highest BCUT2D eigenvalue weighted by molar-refractivity contribution is 5.84. The second-order valence-electron chi connectivity index (χ2n) is 7.80. The second-order valence-corrected chi connectivity index (χ2v) is 7.80. The molecule has 4 rings (SSSR count). The number of benzene rings is 2. The largest absolute Gasteiger partial charge is 0.490 e. The van der Waals surface area contributed by atoms with E-state index in [-0.39, 0.29) is 0 Å². The summed E-state index contributed by atoms with van der Waals surface area (Å²) in [7, 11) is 0. The Morgan fingerprint density at radius 1 is 0.963 bits per heavy atom. The first-order valence-electron chi connectivity index (χ1n) is 9.97. The van der Waals surface area contributed by atoms with Crippen LogP contribution in [0.2, 0.25) is 0 Å². The van der Waals surface area contributed by atoms with E-state index in [2.05, 4.69) is 60.5 Å². The highest BCUT2D eigenvalue weighted by atomic mass is 16.5. The highest BCUT2D eigenvalue weighted by Crippen LogP contribution is 2.29. The van der Waals surface area contributed by atoms with Crippen molar-refractivity contribution in [3.05, 3.63) is 71.5 Å². The summed E-state index contributed by atoms with van der Waals surface area (Å²) >= 11 is 0. The fourth-order valence-corrected chi connectivity index (χ4v) is 3.89. The standard InChI is InChI=1S/C24H28N2O/c1-17-3-5-19(6-4-17)15-26-22-7-9-23(10-8-22)27-24-14-20-11-12-25-16-21(20)13-18(24)2/h3-6,11-14,16,22-23,26H,7-10,15H2,1-2H3. The van der Waals surface area contributed by atoms with Crippen molar-refractivity contribution in [1.29, 1.82) is 0 Å². The molecule has 0 amide bonds. The van der Waals surface area contributed by atoms with Gasteiger partial charge in [-0.15, -0.1) is 0 Å². The number of aryl methyl sites for hydroxylation is 2. The molecule has 2 aromatic carbocycles. The third kappa shape index (κ3) is 4.48. The maximum Gasteiger partial charge on any atom is 0.123 e. The number of hydrogen-bond acceptors (Lipinski definition) is 3. The molecular formula is C24H28N2O. The van der Waals surface area contributed by atoms with Crippen molar-refractivity contribution in [2.45, 2.75) is 58.2 Å². The van der Waals surface area contributed by atoms with Gasteiger partial charge in [0.1, 0.15) is 5.75 Å². The van der Waals surface area contributed by atoms with Crippen LogP contribution >= 0.6 is 0 Å². The molecule has 1 aliphatic carbocycles. The van der Waals surface area contributed by atoms with Gasteiger partial charge in [0.15, 0.2) is 0 Å². The van der Waals surface area contributed by atoms with Gasteiger partial charge in [0.2, 0.25) is 0 Å². The fourth-order valence-electron chi connectivity index (χ4n) is 3.89. The number of ether oxygens (including phenoxy) is 1. The van der Waals surface area contributed by atoms with Gasteiger partial charge in [0.25, 0.3) is 0 Å². The van der Waals surface area contributed by atoms with Gasteiger partial charge in [-0.2, -0.15) is 0 Å². The molecule has 0 radical (unpaired) electrons. The molecule has 0 aliphatic heterocycles. The summed E-state index contributed by atoms with van der Waals surface area (Å²) in [5.41, 5.74) is 3.87. The van der Waals surface area contributed by atoms with E-state index in [1.54, 1.807) is 0 Å². The molecule has 0 atom stereocenters. The van der Waals surface area contributed by atoms with Crippen molar-refractivity contribution < 1.29 is 4.74 Å². The Balaban J connectivity index is 1.30. The lowest BCUT2D eigenvalue weighted by atomic mass is 9.92. The molecule has 3 nitrogen and oxygen atoms in total. The maximum absolute atomic E-state index is 6.37. The highest BCUT2D eigenvalue weighted by Gasteiger charge is 2.22. The Kier molecular flexibility index (Phi) is 5.40. The molecule has 1 aliphatic rings. The Morgan fingerprint density at radius 2 is 1.74 bits per heavy atom. The van der Waals surface area contributed by atoms with Gasteiger partial charge in [0, 0.05) is 30.4 Å². The Morgan fingerprint density at radius 3 is 2.52 bits per heavy atom. The monoisotopic (exact) mass is 360 g/mol. The van der Waals surface area contributed by atoms with E-state index in [0.29, 0.717) is 12.1 Å². The van der Waals surface area contributed by atoms with Crippen LogP contribution in [0.1, 0.15) is 42.4 Å². The van der Waals surface area contributed by atoms with Gasteiger partial charge in [-0.05, 0) is 74.2 Å². The van der Waals surface area contributed by atoms with Gasteiger partial charge in [-0.1, -0.05) is 29.8 Å². The molecule has 3 heteroatoms. The van der Waals surface area contributed by atoms with Crippen LogP contribution in [0.25, 0.3) is 10.8 Å². The van der Waals surface area contributed by atoms with Crippen LogP contribution in [-0.2, 0) is 6.54 Å². The summed E-state index contributed by atoms with van der Waals surface area (Å²) in [6.07, 6.45) is 8.64. The molecule has 140 valence electrons. The van der Waals surface area contributed by atoms with Gasteiger partial charge in [-0.3, -0.25) is 4.98 Å². The smallest absolute Gasteiger partial charge is 0.123 e. The van der Waals surface area contributed by atoms with Crippen molar-refractivity contribution in [2.24, 2.45) is 0 Å². The SMILES string of the molecule is Cc1ccc(CNC2CCC(Oc3cc4ccncc4cc3C)CC2)cc1. The zero-order chi connectivity index (χ0) is 18.6. The first kappa shape index (κ1) is 18.0. The molecule has 1 saturated carbocycles. The van der Waals surface area contributed by atoms with E-state index in [1.165, 1.54) is 40.3 Å². The summed E-state index contributed by atoms with van der Waals surface area (Å²) in [5.74, 6) is 1.02. The summed E-state index contributed by atoms with van der Waals surface area (Å²) < 4.78 is 6.37. The maximum atomic E-state index is 6.37. The first-order chi connectivity index (χ1) is 13.2. The lowest BCUT2D eigenvalue weighted by molar-refractivity contribution is 0.138. The summed E-state index contributed by atoms with van der Waals surface area (Å²) in [4.78, 5) is 4.20. The topological polar surface area (TPSA) is 34.1 Å². The average Bonchev–Trinajstić information content (AvgIpc) is 2.69. The summed E-state index contributed by atoms with van der Waals surface area (Å²) in [5, 5.41) is 6.08. The summed E-state index contributed by atoms with van der Waals surface area (Å²) in [6.45, 7) is 5.21. The van der Waals surface area contributed by atoms with E-state index in [1.807, 2.05) is 18.5 Å². The fraction of sp³-hybridized carbons (Fsp3) is 0.375. The predicted molar refractivity (Wildman–Crippen MR) is 111 cm³/mol. The third-order valence-corrected chi connectivity index (χ3v) is 5.62. The van der Waals surface area contributed by atoms with Crippen LogP contribution in [0.3, 0.4) is 0 Å². The number of pyridine rings is 1. The molecule has 0 spiro atoms. The van der Waals surface area contributed by atoms with Crippen molar-refractivity contribution in [1.82, 2.24) is 10.3 Å².